The van der Waals surface area contributed by atoms with Crippen molar-refractivity contribution in [2.45, 2.75) is 58.3 Å². The quantitative estimate of drug-likeness (QED) is 0.596. The first-order valence-electron chi connectivity index (χ1n) is 9.87. The third kappa shape index (κ3) is 10.0. The molecule has 0 saturated heterocycles. The molecule has 0 heterocycles. The summed E-state index contributed by atoms with van der Waals surface area (Å²) in [7, 11) is -6.96. The molecule has 2 aromatic carbocycles. The number of rotatable bonds is 6. The molecule has 0 aliphatic heterocycles. The molecule has 6 heteroatoms. The highest BCUT2D eigenvalue weighted by Gasteiger charge is 2.24. The zero-order valence-electron chi connectivity index (χ0n) is 18.2. The van der Waals surface area contributed by atoms with Gasteiger partial charge in [0.2, 0.25) is 0 Å². The van der Waals surface area contributed by atoms with Crippen molar-refractivity contribution in [2.75, 3.05) is 11.5 Å². The smallest absolute Gasteiger partial charge is 0.178 e. The molecule has 0 N–H and O–H groups in total. The van der Waals surface area contributed by atoms with Crippen LogP contribution in [0.1, 0.15) is 48.5 Å². The van der Waals surface area contributed by atoms with Crippen LogP contribution in [0.3, 0.4) is 0 Å². The van der Waals surface area contributed by atoms with Gasteiger partial charge in [0, 0.05) is 0 Å². The molecule has 2 aromatic rings. The van der Waals surface area contributed by atoms with Crippen LogP contribution in [0, 0.1) is 5.92 Å². The molecule has 0 atom stereocenters. The Kier molecular flexibility index (Phi) is 15.6. The molecule has 0 radical (unpaired) electrons. The second kappa shape index (κ2) is 15.3. The minimum Gasteiger partial charge on any atom is -0.224 e. The fraction of sp³-hybridized carbons (Fsp3) is 0.455. The van der Waals surface area contributed by atoms with Crippen LogP contribution in [0.25, 0.3) is 0 Å². The Balaban J connectivity index is 0. The second-order valence-corrected chi connectivity index (χ2v) is 9.36. The third-order valence-electron chi connectivity index (χ3n) is 3.21. The Morgan fingerprint density at radius 2 is 0.821 bits per heavy atom. The van der Waals surface area contributed by atoms with Gasteiger partial charge < -0.3 is 0 Å². The summed E-state index contributed by atoms with van der Waals surface area (Å²) in [4.78, 5) is 0.443. The number of hydrogen-bond acceptors (Lipinski definition) is 4. The second-order valence-electron chi connectivity index (χ2n) is 5.29. The molecular weight excluding hydrogens is 392 g/mol. The Hall–Kier alpha value is -1.66. The predicted molar refractivity (Wildman–Crippen MR) is 120 cm³/mol. The van der Waals surface area contributed by atoms with Crippen molar-refractivity contribution >= 4 is 19.7 Å². The highest BCUT2D eigenvalue weighted by Crippen LogP contribution is 2.18. The molecule has 28 heavy (non-hydrogen) atoms. The molecular formula is C22H36O4S2. The minimum atomic E-state index is -3.48. The molecule has 0 aliphatic rings. The van der Waals surface area contributed by atoms with E-state index in [0.717, 1.165) is 0 Å². The van der Waals surface area contributed by atoms with Gasteiger partial charge in [0.05, 0.1) is 21.3 Å². The monoisotopic (exact) mass is 428 g/mol. The molecule has 0 aliphatic carbocycles. The summed E-state index contributed by atoms with van der Waals surface area (Å²) in [6, 6.07) is 16.2. The summed E-state index contributed by atoms with van der Waals surface area (Å²) >= 11 is 0. The molecule has 0 amide bonds. The lowest BCUT2D eigenvalue weighted by molar-refractivity contribution is 0.570. The highest BCUT2D eigenvalue weighted by molar-refractivity contribution is 7.92. The molecule has 0 bridgehead atoms. The third-order valence-corrected chi connectivity index (χ3v) is 7.21. The van der Waals surface area contributed by atoms with Gasteiger partial charge in [-0.3, -0.25) is 0 Å². The first-order chi connectivity index (χ1) is 13.3. The predicted octanol–water partition coefficient (Wildman–Crippen LogP) is 5.65. The van der Waals surface area contributed by atoms with E-state index in [4.69, 9.17) is 0 Å². The fourth-order valence-electron chi connectivity index (χ4n) is 2.25. The number of hydrogen-bond donors (Lipinski definition) is 0. The van der Waals surface area contributed by atoms with Crippen molar-refractivity contribution in [3.63, 3.8) is 0 Å². The molecule has 0 fully saturated rings. The van der Waals surface area contributed by atoms with Crippen LogP contribution < -0.4 is 0 Å². The lowest BCUT2D eigenvalue weighted by Crippen LogP contribution is -2.22. The SMILES string of the molecule is CC.CC.CC.CC(CS(=O)(=O)c1ccccc1)CS(=O)(=O)c1ccccc1. The topological polar surface area (TPSA) is 68.3 Å². The van der Waals surface area contributed by atoms with E-state index in [1.807, 2.05) is 41.5 Å². The summed E-state index contributed by atoms with van der Waals surface area (Å²) in [5.41, 5.74) is 0. The number of benzene rings is 2. The van der Waals surface area contributed by atoms with Crippen LogP contribution >= 0.6 is 0 Å². The first kappa shape index (κ1) is 28.5. The summed E-state index contributed by atoms with van der Waals surface area (Å²) in [5.74, 6) is -0.873. The zero-order chi connectivity index (χ0) is 22.2. The Labute approximate surface area is 172 Å². The van der Waals surface area contributed by atoms with Crippen molar-refractivity contribution in [3.05, 3.63) is 60.7 Å². The van der Waals surface area contributed by atoms with Crippen LogP contribution in [0.5, 0.6) is 0 Å². The van der Waals surface area contributed by atoms with E-state index in [1.54, 1.807) is 43.3 Å². The van der Waals surface area contributed by atoms with E-state index in [-0.39, 0.29) is 21.3 Å². The Morgan fingerprint density at radius 1 is 0.571 bits per heavy atom. The van der Waals surface area contributed by atoms with E-state index in [0.29, 0.717) is 0 Å². The van der Waals surface area contributed by atoms with Crippen LogP contribution in [-0.2, 0) is 19.7 Å². The van der Waals surface area contributed by atoms with Gasteiger partial charge in [-0.05, 0) is 30.2 Å². The van der Waals surface area contributed by atoms with Crippen LogP contribution in [0.15, 0.2) is 70.5 Å². The molecule has 4 nitrogen and oxygen atoms in total. The lowest BCUT2D eigenvalue weighted by Gasteiger charge is -2.12. The van der Waals surface area contributed by atoms with Crippen LogP contribution in [-0.4, -0.2) is 28.3 Å². The standard InChI is InChI=1S/C16H18O4S2.3C2H6/c1-14(12-21(17,18)15-8-4-2-5-9-15)13-22(19,20)16-10-6-3-7-11-16;3*1-2/h2-11,14H,12-13H2,1H3;3*1-2H3. The molecule has 0 spiro atoms. The molecule has 0 unspecified atom stereocenters. The van der Waals surface area contributed by atoms with Gasteiger partial charge in [-0.1, -0.05) is 84.9 Å². The maximum atomic E-state index is 12.3. The van der Waals surface area contributed by atoms with Crippen molar-refractivity contribution in [2.24, 2.45) is 5.92 Å². The summed E-state index contributed by atoms with van der Waals surface area (Å²) in [6.45, 7) is 13.6. The Morgan fingerprint density at radius 3 is 1.07 bits per heavy atom. The molecule has 160 valence electrons. The van der Waals surface area contributed by atoms with Crippen molar-refractivity contribution in [3.8, 4) is 0 Å². The summed E-state index contributed by atoms with van der Waals surface area (Å²) in [6.07, 6.45) is 0. The van der Waals surface area contributed by atoms with Gasteiger partial charge in [0.1, 0.15) is 0 Å². The van der Waals surface area contributed by atoms with Crippen LogP contribution in [0.4, 0.5) is 0 Å². The fourth-order valence-corrected chi connectivity index (χ4v) is 5.66. The van der Waals surface area contributed by atoms with Gasteiger partial charge in [-0.2, -0.15) is 0 Å². The van der Waals surface area contributed by atoms with E-state index >= 15 is 0 Å². The zero-order valence-corrected chi connectivity index (χ0v) is 19.8. The average Bonchev–Trinajstić information content (AvgIpc) is 2.73. The van der Waals surface area contributed by atoms with Crippen molar-refractivity contribution in [1.29, 1.82) is 0 Å². The largest absolute Gasteiger partial charge is 0.224 e. The maximum absolute atomic E-state index is 12.3. The summed E-state index contributed by atoms with van der Waals surface area (Å²) < 4.78 is 49.1. The molecule has 2 rings (SSSR count). The number of sulfone groups is 2. The van der Waals surface area contributed by atoms with E-state index in [2.05, 4.69) is 0 Å². The van der Waals surface area contributed by atoms with E-state index in [1.165, 1.54) is 24.3 Å². The maximum Gasteiger partial charge on any atom is 0.178 e. The molecule has 0 saturated carbocycles. The highest BCUT2D eigenvalue weighted by atomic mass is 32.2. The minimum absolute atomic E-state index is 0.191. The Bertz CT molecular complexity index is 742. The first-order valence-corrected chi connectivity index (χ1v) is 13.2. The lowest BCUT2D eigenvalue weighted by atomic mass is 10.3. The summed E-state index contributed by atoms with van der Waals surface area (Å²) in [5, 5.41) is 0. The van der Waals surface area contributed by atoms with Gasteiger partial charge in [0.15, 0.2) is 19.7 Å². The van der Waals surface area contributed by atoms with Crippen molar-refractivity contribution in [1.82, 2.24) is 0 Å². The van der Waals surface area contributed by atoms with Gasteiger partial charge in [-0.25, -0.2) is 16.8 Å². The van der Waals surface area contributed by atoms with Gasteiger partial charge >= 0.3 is 0 Å². The van der Waals surface area contributed by atoms with Crippen LogP contribution in [0.2, 0.25) is 0 Å². The average molecular weight is 429 g/mol. The van der Waals surface area contributed by atoms with Crippen molar-refractivity contribution < 1.29 is 16.8 Å². The van der Waals surface area contributed by atoms with Gasteiger partial charge in [-0.15, -0.1) is 0 Å². The molecule has 0 aromatic heterocycles. The normalized spacial score (nSPS) is 10.4. The van der Waals surface area contributed by atoms with E-state index < -0.39 is 25.6 Å². The van der Waals surface area contributed by atoms with Gasteiger partial charge in [0.25, 0.3) is 0 Å². The van der Waals surface area contributed by atoms with E-state index in [9.17, 15) is 16.8 Å².